The molecule has 34 heavy (non-hydrogen) atoms. The number of pyridine rings is 1. The summed E-state index contributed by atoms with van der Waals surface area (Å²) in [4.78, 5) is 34.8. The molecule has 2 aliphatic rings. The number of hydrogen-bond donors (Lipinski definition) is 0. The van der Waals surface area contributed by atoms with E-state index in [1.807, 2.05) is 59.5 Å². The minimum Gasteiger partial charge on any atom is -0.493 e. The van der Waals surface area contributed by atoms with Crippen molar-refractivity contribution >= 4 is 23.1 Å². The largest absolute Gasteiger partial charge is 0.493 e. The predicted molar refractivity (Wildman–Crippen MR) is 131 cm³/mol. The van der Waals surface area contributed by atoms with Gasteiger partial charge in [0, 0.05) is 24.6 Å². The van der Waals surface area contributed by atoms with Gasteiger partial charge >= 0.3 is 0 Å². The van der Waals surface area contributed by atoms with E-state index in [4.69, 9.17) is 4.74 Å². The van der Waals surface area contributed by atoms with Crippen molar-refractivity contribution in [3.05, 3.63) is 95.4 Å². The predicted octanol–water partition coefficient (Wildman–Crippen LogP) is 4.46. The zero-order chi connectivity index (χ0) is 23.7. The average molecular weight is 454 g/mol. The number of nitrogens with zero attached hydrogens (tertiary/aromatic N) is 3. The van der Waals surface area contributed by atoms with Crippen LogP contribution in [-0.2, 0) is 22.6 Å². The molecule has 0 saturated carbocycles. The lowest BCUT2D eigenvalue weighted by molar-refractivity contribution is -0.137. The smallest absolute Gasteiger partial charge is 0.278 e. The molecule has 0 unspecified atom stereocenters. The van der Waals surface area contributed by atoms with Gasteiger partial charge in [0.15, 0.2) is 0 Å². The third kappa shape index (κ3) is 4.07. The van der Waals surface area contributed by atoms with Crippen LogP contribution in [0.5, 0.6) is 5.75 Å². The number of aromatic nitrogens is 1. The second kappa shape index (κ2) is 9.14. The molecule has 0 N–H and O–H groups in total. The standard InChI is InChI=1S/C28H27N3O3/c1-19(2)18-34-23-11-9-22(10-12-23)25-26(30-15-13-21-7-3-4-8-24(21)30)28(33)31(27(25)32)17-20-6-5-14-29-16-20/h3-12,14,16,19H,13,15,17-18H2,1-2H3. The molecule has 2 aliphatic heterocycles. The lowest BCUT2D eigenvalue weighted by atomic mass is 10.0. The highest BCUT2D eigenvalue weighted by atomic mass is 16.5. The van der Waals surface area contributed by atoms with Crippen molar-refractivity contribution in [3.8, 4) is 5.75 Å². The number of fused-ring (bicyclic) bond motifs is 1. The van der Waals surface area contributed by atoms with Gasteiger partial charge < -0.3 is 9.64 Å². The summed E-state index contributed by atoms with van der Waals surface area (Å²) in [6, 6.07) is 19.2. The van der Waals surface area contributed by atoms with Crippen LogP contribution in [0.4, 0.5) is 5.69 Å². The first kappa shape index (κ1) is 21.9. The van der Waals surface area contributed by atoms with E-state index in [1.54, 1.807) is 12.4 Å². The highest BCUT2D eigenvalue weighted by molar-refractivity contribution is 6.36. The number of carbonyl (C=O) groups is 2. The van der Waals surface area contributed by atoms with Gasteiger partial charge in [-0.2, -0.15) is 0 Å². The first-order valence-corrected chi connectivity index (χ1v) is 11.6. The normalized spacial score (nSPS) is 15.5. The Morgan fingerprint density at radius 1 is 0.971 bits per heavy atom. The molecule has 0 fully saturated rings. The molecule has 2 aromatic carbocycles. The fourth-order valence-electron chi connectivity index (χ4n) is 4.44. The zero-order valence-electron chi connectivity index (χ0n) is 19.4. The lowest BCUT2D eigenvalue weighted by Crippen LogP contribution is -2.34. The second-order valence-corrected chi connectivity index (χ2v) is 9.04. The third-order valence-corrected chi connectivity index (χ3v) is 6.09. The Labute approximate surface area is 199 Å². The summed E-state index contributed by atoms with van der Waals surface area (Å²) in [6.45, 7) is 5.66. The van der Waals surface area contributed by atoms with Crippen LogP contribution in [0.25, 0.3) is 5.57 Å². The molecule has 3 aromatic rings. The summed E-state index contributed by atoms with van der Waals surface area (Å²) in [6.07, 6.45) is 4.19. The van der Waals surface area contributed by atoms with E-state index in [0.717, 1.165) is 23.4 Å². The molecule has 5 rings (SSSR count). The van der Waals surface area contributed by atoms with E-state index < -0.39 is 0 Å². The van der Waals surface area contributed by atoms with Gasteiger partial charge in [-0.3, -0.25) is 19.5 Å². The van der Waals surface area contributed by atoms with Crippen LogP contribution in [0.2, 0.25) is 0 Å². The van der Waals surface area contributed by atoms with Crippen LogP contribution in [0.1, 0.15) is 30.5 Å². The molecule has 0 aliphatic carbocycles. The Bertz CT molecular complexity index is 1250. The average Bonchev–Trinajstić information content (AvgIpc) is 3.38. The molecule has 172 valence electrons. The SMILES string of the molecule is CC(C)COc1ccc(C2=C(N3CCc4ccccc43)C(=O)N(Cc3cccnc3)C2=O)cc1. The molecular weight excluding hydrogens is 426 g/mol. The van der Waals surface area contributed by atoms with E-state index in [1.165, 1.54) is 10.5 Å². The van der Waals surface area contributed by atoms with Crippen LogP contribution >= 0.6 is 0 Å². The van der Waals surface area contributed by atoms with Gasteiger partial charge in [0.2, 0.25) is 0 Å². The number of para-hydroxylation sites is 1. The Kier molecular flexibility index (Phi) is 5.88. The van der Waals surface area contributed by atoms with Crippen molar-refractivity contribution in [2.24, 2.45) is 5.92 Å². The van der Waals surface area contributed by atoms with E-state index in [-0.39, 0.29) is 18.4 Å². The molecule has 0 spiro atoms. The number of benzene rings is 2. The van der Waals surface area contributed by atoms with Crippen LogP contribution in [-0.4, -0.2) is 34.8 Å². The topological polar surface area (TPSA) is 62.7 Å². The maximum absolute atomic E-state index is 13.7. The van der Waals surface area contributed by atoms with Gasteiger partial charge in [-0.25, -0.2) is 0 Å². The maximum Gasteiger partial charge on any atom is 0.278 e. The zero-order valence-corrected chi connectivity index (χ0v) is 19.4. The Morgan fingerprint density at radius 2 is 1.76 bits per heavy atom. The number of ether oxygens (including phenoxy) is 1. The highest BCUT2D eigenvalue weighted by Crippen LogP contribution is 2.39. The molecule has 1 aromatic heterocycles. The van der Waals surface area contributed by atoms with Crippen molar-refractivity contribution in [2.75, 3.05) is 18.1 Å². The molecular formula is C28H27N3O3. The molecule has 0 atom stereocenters. The third-order valence-electron chi connectivity index (χ3n) is 6.09. The number of anilines is 1. The molecule has 2 amide bonds. The first-order chi connectivity index (χ1) is 16.5. The fourth-order valence-corrected chi connectivity index (χ4v) is 4.44. The van der Waals surface area contributed by atoms with Crippen molar-refractivity contribution in [1.82, 2.24) is 9.88 Å². The van der Waals surface area contributed by atoms with Crippen molar-refractivity contribution in [2.45, 2.75) is 26.8 Å². The van der Waals surface area contributed by atoms with Gasteiger partial charge in [-0.05, 0) is 53.3 Å². The van der Waals surface area contributed by atoms with Gasteiger partial charge in [-0.1, -0.05) is 50.2 Å². The maximum atomic E-state index is 13.7. The van der Waals surface area contributed by atoms with Crippen molar-refractivity contribution in [1.29, 1.82) is 0 Å². The van der Waals surface area contributed by atoms with E-state index in [2.05, 4.69) is 24.9 Å². The second-order valence-electron chi connectivity index (χ2n) is 9.04. The Hall–Kier alpha value is -3.93. The monoisotopic (exact) mass is 453 g/mol. The molecule has 0 bridgehead atoms. The number of imide groups is 1. The quantitative estimate of drug-likeness (QED) is 0.495. The minimum absolute atomic E-state index is 0.184. The van der Waals surface area contributed by atoms with E-state index in [9.17, 15) is 9.59 Å². The molecule has 6 nitrogen and oxygen atoms in total. The van der Waals surface area contributed by atoms with Crippen molar-refractivity contribution in [3.63, 3.8) is 0 Å². The Morgan fingerprint density at radius 3 is 2.50 bits per heavy atom. The van der Waals surface area contributed by atoms with Crippen LogP contribution in [0, 0.1) is 5.92 Å². The van der Waals surface area contributed by atoms with Gasteiger partial charge in [0.25, 0.3) is 11.8 Å². The number of rotatable bonds is 7. The van der Waals surface area contributed by atoms with Gasteiger partial charge in [0.1, 0.15) is 11.4 Å². The van der Waals surface area contributed by atoms with Crippen molar-refractivity contribution < 1.29 is 14.3 Å². The van der Waals surface area contributed by atoms with Crippen LogP contribution < -0.4 is 9.64 Å². The number of hydrogen-bond acceptors (Lipinski definition) is 5. The highest BCUT2D eigenvalue weighted by Gasteiger charge is 2.43. The summed E-state index contributed by atoms with van der Waals surface area (Å²) in [5.74, 6) is 0.596. The van der Waals surface area contributed by atoms with E-state index >= 15 is 0 Å². The van der Waals surface area contributed by atoms with Gasteiger partial charge in [-0.15, -0.1) is 0 Å². The Balaban J connectivity index is 1.54. The number of amides is 2. The minimum atomic E-state index is -0.288. The summed E-state index contributed by atoms with van der Waals surface area (Å²) >= 11 is 0. The summed E-state index contributed by atoms with van der Waals surface area (Å²) in [7, 11) is 0. The molecule has 6 heteroatoms. The molecule has 3 heterocycles. The summed E-state index contributed by atoms with van der Waals surface area (Å²) in [5, 5.41) is 0. The molecule has 0 radical (unpaired) electrons. The van der Waals surface area contributed by atoms with E-state index in [0.29, 0.717) is 35.9 Å². The van der Waals surface area contributed by atoms with Gasteiger partial charge in [0.05, 0.1) is 18.7 Å². The first-order valence-electron chi connectivity index (χ1n) is 11.6. The summed E-state index contributed by atoms with van der Waals surface area (Å²) < 4.78 is 5.81. The van der Waals surface area contributed by atoms with Crippen LogP contribution in [0.3, 0.4) is 0 Å². The van der Waals surface area contributed by atoms with Crippen LogP contribution in [0.15, 0.2) is 78.8 Å². The molecule has 0 saturated heterocycles. The lowest BCUT2D eigenvalue weighted by Gasteiger charge is -2.21. The number of carbonyl (C=O) groups excluding carboxylic acids is 2. The fraction of sp³-hybridized carbons (Fsp3) is 0.250. The summed E-state index contributed by atoms with van der Waals surface area (Å²) in [5.41, 5.74) is 4.55.